The summed E-state index contributed by atoms with van der Waals surface area (Å²) < 4.78 is 38.1. The van der Waals surface area contributed by atoms with Crippen LogP contribution in [0.1, 0.15) is 23.0 Å². The third kappa shape index (κ3) is 3.82. The van der Waals surface area contributed by atoms with E-state index in [0.717, 1.165) is 6.07 Å². The van der Waals surface area contributed by atoms with Gasteiger partial charge in [0.05, 0.1) is 4.92 Å². The second-order valence-electron chi connectivity index (χ2n) is 4.58. The molecule has 0 aliphatic carbocycles. The number of carbonyl (C=O) groups is 1. The Balaban J connectivity index is 2.40. The van der Waals surface area contributed by atoms with Crippen molar-refractivity contribution in [1.29, 1.82) is 0 Å². The third-order valence-corrected chi connectivity index (χ3v) is 2.92. The monoisotopic (exact) mass is 325 g/mol. The molecule has 0 aliphatic rings. The molecule has 0 spiro atoms. The van der Waals surface area contributed by atoms with Crippen molar-refractivity contribution >= 4 is 23.0 Å². The van der Waals surface area contributed by atoms with Crippen LogP contribution in [-0.2, 0) is 6.18 Å². The van der Waals surface area contributed by atoms with Crippen molar-refractivity contribution in [3.63, 3.8) is 0 Å². The summed E-state index contributed by atoms with van der Waals surface area (Å²) in [5.41, 5.74) is -1.16. The van der Waals surface area contributed by atoms with Crippen molar-refractivity contribution in [1.82, 2.24) is 4.98 Å². The number of carbonyl (C=O) groups excluding carboxylic acids is 1. The van der Waals surface area contributed by atoms with E-state index in [1.165, 1.54) is 31.2 Å². The summed E-state index contributed by atoms with van der Waals surface area (Å²) >= 11 is 0. The molecule has 23 heavy (non-hydrogen) atoms. The van der Waals surface area contributed by atoms with Crippen molar-refractivity contribution in [3.8, 4) is 0 Å². The van der Waals surface area contributed by atoms with Crippen LogP contribution >= 0.6 is 0 Å². The molecule has 9 heteroatoms. The van der Waals surface area contributed by atoms with Gasteiger partial charge in [-0.1, -0.05) is 0 Å². The number of anilines is 2. The number of halogens is 3. The molecule has 0 aliphatic heterocycles. The minimum absolute atomic E-state index is 0.181. The van der Waals surface area contributed by atoms with E-state index < -0.39 is 28.3 Å². The van der Waals surface area contributed by atoms with E-state index in [1.54, 1.807) is 0 Å². The Morgan fingerprint density at radius 1 is 1.17 bits per heavy atom. The molecule has 0 saturated carbocycles. The molecule has 0 unspecified atom stereocenters. The van der Waals surface area contributed by atoms with Gasteiger partial charge in [-0.15, -0.1) is 0 Å². The Bertz CT molecular complexity index is 758. The fourth-order valence-electron chi connectivity index (χ4n) is 1.77. The second-order valence-corrected chi connectivity index (χ2v) is 4.58. The highest BCUT2D eigenvalue weighted by Gasteiger charge is 2.34. The average Bonchev–Trinajstić information content (AvgIpc) is 2.46. The van der Waals surface area contributed by atoms with Gasteiger partial charge in [0.15, 0.2) is 5.78 Å². The lowest BCUT2D eigenvalue weighted by Gasteiger charge is -2.10. The molecule has 0 radical (unpaired) electrons. The van der Waals surface area contributed by atoms with Gasteiger partial charge in [0, 0.05) is 17.3 Å². The zero-order valence-corrected chi connectivity index (χ0v) is 11.7. The molecule has 2 rings (SSSR count). The maximum Gasteiger partial charge on any atom is 0.433 e. The zero-order chi connectivity index (χ0) is 17.2. The number of hydrogen-bond acceptors (Lipinski definition) is 5. The smallest absolute Gasteiger partial charge is 0.334 e. The molecular formula is C14H10F3N3O3. The summed E-state index contributed by atoms with van der Waals surface area (Å²) in [7, 11) is 0. The molecule has 0 fully saturated rings. The first-order chi connectivity index (χ1) is 10.7. The van der Waals surface area contributed by atoms with Crippen LogP contribution in [0.5, 0.6) is 0 Å². The molecule has 120 valence electrons. The summed E-state index contributed by atoms with van der Waals surface area (Å²) in [6.45, 7) is 1.36. The lowest BCUT2D eigenvalue weighted by Crippen LogP contribution is -2.10. The summed E-state index contributed by atoms with van der Waals surface area (Å²) in [4.78, 5) is 24.5. The van der Waals surface area contributed by atoms with Crippen LogP contribution in [0.3, 0.4) is 0 Å². The summed E-state index contributed by atoms with van der Waals surface area (Å²) in [6, 6.07) is 7.02. The quantitative estimate of drug-likeness (QED) is 0.522. The molecule has 1 aromatic heterocycles. The zero-order valence-electron chi connectivity index (χ0n) is 11.7. The van der Waals surface area contributed by atoms with E-state index in [9.17, 15) is 28.1 Å². The Hall–Kier alpha value is -2.97. The molecule has 0 amide bonds. The van der Waals surface area contributed by atoms with Crippen molar-refractivity contribution in [2.75, 3.05) is 5.32 Å². The Morgan fingerprint density at radius 2 is 1.78 bits per heavy atom. The number of Topliss-reactive ketones (excluding diaryl/α,β-unsaturated/α-hetero) is 1. The maximum atomic E-state index is 12.7. The van der Waals surface area contributed by atoms with Crippen LogP contribution in [0, 0.1) is 10.1 Å². The highest BCUT2D eigenvalue weighted by atomic mass is 19.4. The number of rotatable bonds is 4. The van der Waals surface area contributed by atoms with Crippen LogP contribution < -0.4 is 5.32 Å². The van der Waals surface area contributed by atoms with Crippen LogP contribution in [0.15, 0.2) is 36.4 Å². The van der Waals surface area contributed by atoms with Gasteiger partial charge in [0.25, 0.3) is 0 Å². The van der Waals surface area contributed by atoms with Gasteiger partial charge in [-0.05, 0) is 37.3 Å². The first kappa shape index (κ1) is 16.4. The molecule has 1 N–H and O–H groups in total. The minimum atomic E-state index is -4.72. The number of pyridine rings is 1. The summed E-state index contributed by atoms with van der Waals surface area (Å²) in [5.74, 6) is -0.708. The molecule has 6 nitrogen and oxygen atoms in total. The molecule has 1 aromatic carbocycles. The third-order valence-electron chi connectivity index (χ3n) is 2.92. The number of nitrogens with one attached hydrogen (secondary N) is 1. The van der Waals surface area contributed by atoms with Gasteiger partial charge < -0.3 is 5.32 Å². The maximum absolute atomic E-state index is 12.7. The summed E-state index contributed by atoms with van der Waals surface area (Å²) in [6.07, 6.45) is -4.72. The number of nitro groups is 1. The SMILES string of the molecule is CC(=O)c1ccc(Nc2nc(C(F)(F)F)ccc2[N+](=O)[O-])cc1. The molecule has 2 aromatic rings. The van der Waals surface area contributed by atoms with E-state index in [2.05, 4.69) is 10.3 Å². The van der Waals surface area contributed by atoms with Crippen LogP contribution in [0.4, 0.5) is 30.4 Å². The van der Waals surface area contributed by atoms with E-state index >= 15 is 0 Å². The number of alkyl halides is 3. The predicted octanol–water partition coefficient (Wildman–Crippen LogP) is 3.95. The number of hydrogen-bond donors (Lipinski definition) is 1. The molecule has 0 bridgehead atoms. The van der Waals surface area contributed by atoms with Gasteiger partial charge in [0.2, 0.25) is 5.82 Å². The van der Waals surface area contributed by atoms with Gasteiger partial charge in [-0.2, -0.15) is 13.2 Å². The fourth-order valence-corrected chi connectivity index (χ4v) is 1.77. The number of nitrogens with zero attached hydrogens (tertiary/aromatic N) is 2. The number of aromatic nitrogens is 1. The fraction of sp³-hybridized carbons (Fsp3) is 0.143. The predicted molar refractivity (Wildman–Crippen MR) is 75.6 cm³/mol. The normalized spacial score (nSPS) is 11.1. The lowest BCUT2D eigenvalue weighted by atomic mass is 10.1. The van der Waals surface area contributed by atoms with E-state index in [4.69, 9.17) is 0 Å². The Kier molecular flexibility index (Phi) is 4.30. The topological polar surface area (TPSA) is 85.1 Å². The largest absolute Gasteiger partial charge is 0.433 e. The van der Waals surface area contributed by atoms with Crippen molar-refractivity contribution < 1.29 is 22.9 Å². The highest BCUT2D eigenvalue weighted by Crippen LogP contribution is 2.33. The van der Waals surface area contributed by atoms with E-state index in [-0.39, 0.29) is 11.5 Å². The lowest BCUT2D eigenvalue weighted by molar-refractivity contribution is -0.384. The standard InChI is InChI=1S/C14H10F3N3O3/c1-8(21)9-2-4-10(5-3-9)18-13-11(20(22)23)6-7-12(19-13)14(15,16)17/h2-7H,1H3,(H,18,19). The Morgan fingerprint density at radius 3 is 2.26 bits per heavy atom. The van der Waals surface area contributed by atoms with Crippen LogP contribution in [0.25, 0.3) is 0 Å². The van der Waals surface area contributed by atoms with Gasteiger partial charge in [-0.3, -0.25) is 14.9 Å². The number of benzene rings is 1. The van der Waals surface area contributed by atoms with Gasteiger partial charge >= 0.3 is 11.9 Å². The van der Waals surface area contributed by atoms with Crippen LogP contribution in [-0.4, -0.2) is 15.7 Å². The number of ketones is 1. The van der Waals surface area contributed by atoms with E-state index in [0.29, 0.717) is 11.6 Å². The average molecular weight is 325 g/mol. The molecule has 1 heterocycles. The molecular weight excluding hydrogens is 315 g/mol. The summed E-state index contributed by atoms with van der Waals surface area (Å²) in [5, 5.41) is 13.4. The molecule has 0 saturated heterocycles. The van der Waals surface area contributed by atoms with Crippen molar-refractivity contribution in [2.24, 2.45) is 0 Å². The van der Waals surface area contributed by atoms with Crippen molar-refractivity contribution in [2.45, 2.75) is 13.1 Å². The first-order valence-corrected chi connectivity index (χ1v) is 6.29. The van der Waals surface area contributed by atoms with Crippen molar-refractivity contribution in [3.05, 3.63) is 57.8 Å². The second kappa shape index (κ2) is 6.03. The first-order valence-electron chi connectivity index (χ1n) is 6.29. The van der Waals surface area contributed by atoms with E-state index in [1.807, 2.05) is 0 Å². The Labute approximate surface area is 128 Å². The van der Waals surface area contributed by atoms with Gasteiger partial charge in [0.1, 0.15) is 5.69 Å². The van der Waals surface area contributed by atoms with Crippen LogP contribution in [0.2, 0.25) is 0 Å². The highest BCUT2D eigenvalue weighted by molar-refractivity contribution is 5.94. The minimum Gasteiger partial charge on any atom is -0.334 e. The molecule has 0 atom stereocenters. The van der Waals surface area contributed by atoms with Gasteiger partial charge in [-0.25, -0.2) is 4.98 Å².